The minimum absolute atomic E-state index is 0.301. The van der Waals surface area contributed by atoms with Crippen LogP contribution in [0.1, 0.15) is 0 Å². The van der Waals surface area contributed by atoms with Crippen molar-refractivity contribution in [3.05, 3.63) is 39.7 Å². The maximum Gasteiger partial charge on any atom is 0.345 e. The van der Waals surface area contributed by atoms with E-state index in [2.05, 4.69) is 16.7 Å². The van der Waals surface area contributed by atoms with Crippen LogP contribution in [0.5, 0.6) is 0 Å². The van der Waals surface area contributed by atoms with Crippen molar-refractivity contribution in [2.75, 3.05) is 0 Å². The fourth-order valence-electron chi connectivity index (χ4n) is 0.629. The van der Waals surface area contributed by atoms with Crippen molar-refractivity contribution in [2.45, 2.75) is 6.54 Å². The van der Waals surface area contributed by atoms with Gasteiger partial charge in [-0.1, -0.05) is 6.08 Å². The minimum Gasteiger partial charge on any atom is -0.271 e. The van der Waals surface area contributed by atoms with Gasteiger partial charge in [-0.15, -0.1) is 6.58 Å². The maximum absolute atomic E-state index is 10.8. The van der Waals surface area contributed by atoms with Crippen LogP contribution in [0.4, 0.5) is 0 Å². The molecule has 0 atom stereocenters. The third-order valence-corrected chi connectivity index (χ3v) is 1.08. The molecule has 0 aliphatic heterocycles. The van der Waals surface area contributed by atoms with E-state index < -0.39 is 11.2 Å². The SMILES string of the molecule is C=CCn1ncc(=O)[nH]c1=O. The number of aromatic amines is 1. The van der Waals surface area contributed by atoms with Crippen LogP contribution >= 0.6 is 0 Å². The Morgan fingerprint density at radius 1 is 1.73 bits per heavy atom. The first-order valence-electron chi connectivity index (χ1n) is 3.01. The molecule has 0 fully saturated rings. The number of nitrogens with zero attached hydrogens (tertiary/aromatic N) is 2. The molecule has 1 aromatic rings. The molecular formula is C6H7N3O2. The molecule has 1 heterocycles. The lowest BCUT2D eigenvalue weighted by Gasteiger charge is -1.95. The van der Waals surface area contributed by atoms with E-state index in [1.165, 1.54) is 6.08 Å². The summed E-state index contributed by atoms with van der Waals surface area (Å²) in [5.41, 5.74) is -1.01. The normalized spacial score (nSPS) is 9.45. The molecular weight excluding hydrogens is 146 g/mol. The first kappa shape index (κ1) is 7.46. The molecule has 1 aromatic heterocycles. The third-order valence-electron chi connectivity index (χ3n) is 1.08. The molecule has 11 heavy (non-hydrogen) atoms. The topological polar surface area (TPSA) is 67.8 Å². The summed E-state index contributed by atoms with van der Waals surface area (Å²) in [5.74, 6) is 0. The predicted molar refractivity (Wildman–Crippen MR) is 39.3 cm³/mol. The van der Waals surface area contributed by atoms with E-state index >= 15 is 0 Å². The van der Waals surface area contributed by atoms with Gasteiger partial charge in [-0.3, -0.25) is 9.78 Å². The van der Waals surface area contributed by atoms with Crippen molar-refractivity contribution in [3.8, 4) is 0 Å². The first-order valence-corrected chi connectivity index (χ1v) is 3.01. The Morgan fingerprint density at radius 2 is 2.45 bits per heavy atom. The second-order valence-electron chi connectivity index (χ2n) is 1.91. The molecule has 0 spiro atoms. The second kappa shape index (κ2) is 2.96. The molecule has 1 N–H and O–H groups in total. The Morgan fingerprint density at radius 3 is 3.00 bits per heavy atom. The summed E-state index contributed by atoms with van der Waals surface area (Å²) < 4.78 is 1.11. The largest absolute Gasteiger partial charge is 0.345 e. The molecule has 0 aromatic carbocycles. The molecule has 0 amide bonds. The summed E-state index contributed by atoms with van der Waals surface area (Å²) in [6.45, 7) is 3.73. The van der Waals surface area contributed by atoms with Crippen molar-refractivity contribution in [2.24, 2.45) is 0 Å². The Kier molecular flexibility index (Phi) is 2.00. The van der Waals surface area contributed by atoms with Crippen LogP contribution in [0.2, 0.25) is 0 Å². The lowest BCUT2D eigenvalue weighted by Crippen LogP contribution is -2.30. The molecule has 5 nitrogen and oxygen atoms in total. The van der Waals surface area contributed by atoms with Gasteiger partial charge in [0.15, 0.2) is 0 Å². The van der Waals surface area contributed by atoms with Crippen LogP contribution < -0.4 is 11.2 Å². The fourth-order valence-corrected chi connectivity index (χ4v) is 0.629. The molecule has 0 aliphatic carbocycles. The number of hydrogen-bond donors (Lipinski definition) is 1. The smallest absolute Gasteiger partial charge is 0.271 e. The highest BCUT2D eigenvalue weighted by atomic mass is 16.2. The zero-order chi connectivity index (χ0) is 8.27. The summed E-state index contributed by atoms with van der Waals surface area (Å²) in [6, 6.07) is 0. The number of nitrogens with one attached hydrogen (secondary N) is 1. The van der Waals surface area contributed by atoms with Crippen LogP contribution in [0, 0.1) is 0 Å². The van der Waals surface area contributed by atoms with Gasteiger partial charge in [0.25, 0.3) is 5.56 Å². The maximum atomic E-state index is 10.8. The number of aromatic nitrogens is 3. The molecule has 1 rings (SSSR count). The van der Waals surface area contributed by atoms with E-state index in [-0.39, 0.29) is 0 Å². The van der Waals surface area contributed by atoms with Crippen LogP contribution in [-0.4, -0.2) is 14.8 Å². The Hall–Kier alpha value is -1.65. The predicted octanol–water partition coefficient (Wildman–Crippen LogP) is -0.882. The van der Waals surface area contributed by atoms with Gasteiger partial charge in [-0.2, -0.15) is 5.10 Å². The third kappa shape index (κ3) is 1.64. The Balaban J connectivity index is 3.19. The average Bonchev–Trinajstić information content (AvgIpc) is 1.95. The quantitative estimate of drug-likeness (QED) is 0.561. The monoisotopic (exact) mass is 153 g/mol. The number of H-pyrrole nitrogens is 1. The second-order valence-corrected chi connectivity index (χ2v) is 1.91. The van der Waals surface area contributed by atoms with Gasteiger partial charge in [0.1, 0.15) is 6.20 Å². The van der Waals surface area contributed by atoms with E-state index in [1.54, 1.807) is 0 Å². The van der Waals surface area contributed by atoms with Crippen molar-refractivity contribution in [1.29, 1.82) is 0 Å². The summed E-state index contributed by atoms with van der Waals surface area (Å²) in [6.07, 6.45) is 2.57. The van der Waals surface area contributed by atoms with Gasteiger partial charge in [0.2, 0.25) is 0 Å². The molecule has 0 bridgehead atoms. The van der Waals surface area contributed by atoms with Gasteiger partial charge < -0.3 is 0 Å². The van der Waals surface area contributed by atoms with Crippen LogP contribution in [0.25, 0.3) is 0 Å². The number of hydrogen-bond acceptors (Lipinski definition) is 3. The lowest BCUT2D eigenvalue weighted by atomic mass is 10.6. The van der Waals surface area contributed by atoms with Crippen molar-refractivity contribution < 1.29 is 0 Å². The van der Waals surface area contributed by atoms with Crippen LogP contribution in [-0.2, 0) is 6.54 Å². The van der Waals surface area contributed by atoms with Gasteiger partial charge >= 0.3 is 5.69 Å². The summed E-state index contributed by atoms with van der Waals surface area (Å²) in [7, 11) is 0. The van der Waals surface area contributed by atoms with Crippen LogP contribution in [0.15, 0.2) is 28.4 Å². The lowest BCUT2D eigenvalue weighted by molar-refractivity contribution is 0.618. The van der Waals surface area contributed by atoms with E-state index in [0.717, 1.165) is 10.9 Å². The van der Waals surface area contributed by atoms with Crippen molar-refractivity contribution >= 4 is 0 Å². The molecule has 0 radical (unpaired) electrons. The molecule has 0 unspecified atom stereocenters. The summed E-state index contributed by atoms with van der Waals surface area (Å²) >= 11 is 0. The van der Waals surface area contributed by atoms with Gasteiger partial charge in [-0.25, -0.2) is 9.48 Å². The standard InChI is InChI=1S/C6H7N3O2/c1-2-3-9-6(11)8-5(10)4-7-9/h2,4H,1,3H2,(H,8,10,11). The van der Waals surface area contributed by atoms with Crippen molar-refractivity contribution in [1.82, 2.24) is 14.8 Å². The van der Waals surface area contributed by atoms with Gasteiger partial charge in [0, 0.05) is 0 Å². The molecule has 0 aliphatic rings. The van der Waals surface area contributed by atoms with Crippen LogP contribution in [0.3, 0.4) is 0 Å². The Labute approximate surface area is 62.0 Å². The molecule has 5 heteroatoms. The Bertz CT molecular complexity index is 363. The molecule has 0 saturated heterocycles. The van der Waals surface area contributed by atoms with E-state index in [9.17, 15) is 9.59 Å². The highest BCUT2D eigenvalue weighted by Gasteiger charge is 1.92. The van der Waals surface area contributed by atoms with Gasteiger partial charge in [-0.05, 0) is 0 Å². The zero-order valence-electron chi connectivity index (χ0n) is 5.78. The molecule has 0 saturated carbocycles. The summed E-state index contributed by atoms with van der Waals surface area (Å²) in [4.78, 5) is 23.4. The first-order chi connectivity index (χ1) is 5.24. The fraction of sp³-hybridized carbons (Fsp3) is 0.167. The van der Waals surface area contributed by atoms with E-state index in [1.807, 2.05) is 0 Å². The van der Waals surface area contributed by atoms with Crippen molar-refractivity contribution in [3.63, 3.8) is 0 Å². The van der Waals surface area contributed by atoms with E-state index in [4.69, 9.17) is 0 Å². The highest BCUT2D eigenvalue weighted by Crippen LogP contribution is 1.69. The highest BCUT2D eigenvalue weighted by molar-refractivity contribution is 4.73. The molecule has 58 valence electrons. The zero-order valence-corrected chi connectivity index (χ0v) is 5.78. The number of rotatable bonds is 2. The number of allylic oxidation sites excluding steroid dienone is 1. The average molecular weight is 153 g/mol. The van der Waals surface area contributed by atoms with Gasteiger partial charge in [0.05, 0.1) is 6.54 Å². The van der Waals surface area contributed by atoms with E-state index in [0.29, 0.717) is 6.54 Å². The minimum atomic E-state index is -0.516. The summed E-state index contributed by atoms with van der Waals surface area (Å²) in [5, 5.41) is 3.56.